The Hall–Kier alpha value is -3.85. The van der Waals surface area contributed by atoms with Crippen molar-refractivity contribution in [1.29, 1.82) is 0 Å². The zero-order chi connectivity index (χ0) is 29.4. The summed E-state index contributed by atoms with van der Waals surface area (Å²) in [7, 11) is -4.77. The van der Waals surface area contributed by atoms with Crippen molar-refractivity contribution in [1.82, 2.24) is 24.4 Å². The van der Waals surface area contributed by atoms with Gasteiger partial charge in [0.25, 0.3) is 0 Å². The molecule has 1 saturated carbocycles. The standard InChI is InChI=1S/C27H30N6O6S2/c1-16(2)32-40(34,35)20-7-5-6-19(13-20)30-25-21-11-8-17(22-14-29-27(39-4)31-26(22)38-3)12-23(21)28-15-24(25)41(36,37)33-18-9-10-18/h5-8,11-16,18,32-33H,9-10H2,1-4H3,(H,28,30). The first-order valence-corrected chi connectivity index (χ1v) is 15.8. The van der Waals surface area contributed by atoms with Crippen LogP contribution in [0.4, 0.5) is 11.4 Å². The minimum Gasteiger partial charge on any atom is -0.480 e. The van der Waals surface area contributed by atoms with E-state index < -0.39 is 20.0 Å². The summed E-state index contributed by atoms with van der Waals surface area (Å²) in [4.78, 5) is 12.9. The van der Waals surface area contributed by atoms with Crippen LogP contribution in [0.3, 0.4) is 0 Å². The second kappa shape index (κ2) is 11.2. The third-order valence-corrected chi connectivity index (χ3v) is 9.43. The van der Waals surface area contributed by atoms with E-state index in [9.17, 15) is 16.8 Å². The van der Waals surface area contributed by atoms with Crippen LogP contribution < -0.4 is 24.2 Å². The number of methoxy groups -OCH3 is 2. The van der Waals surface area contributed by atoms with Crippen molar-refractivity contribution in [2.24, 2.45) is 0 Å². The third-order valence-electron chi connectivity index (χ3n) is 6.25. The van der Waals surface area contributed by atoms with Gasteiger partial charge in [-0.1, -0.05) is 18.2 Å². The molecule has 5 rings (SSSR count). The molecule has 0 unspecified atom stereocenters. The smallest absolute Gasteiger partial charge is 0.319 e. The number of sulfonamides is 2. The Kier molecular flexibility index (Phi) is 7.83. The predicted molar refractivity (Wildman–Crippen MR) is 154 cm³/mol. The van der Waals surface area contributed by atoms with Crippen molar-refractivity contribution in [2.75, 3.05) is 19.5 Å². The Morgan fingerprint density at radius 2 is 1.71 bits per heavy atom. The zero-order valence-electron chi connectivity index (χ0n) is 22.9. The van der Waals surface area contributed by atoms with E-state index in [1.165, 1.54) is 32.5 Å². The summed E-state index contributed by atoms with van der Waals surface area (Å²) in [5.41, 5.74) is 2.42. The van der Waals surface area contributed by atoms with Gasteiger partial charge >= 0.3 is 6.01 Å². The van der Waals surface area contributed by atoms with Gasteiger partial charge in [-0.15, -0.1) is 0 Å². The molecule has 0 atom stereocenters. The number of nitrogens with zero attached hydrogens (tertiary/aromatic N) is 3. The van der Waals surface area contributed by atoms with Crippen molar-refractivity contribution in [3.05, 3.63) is 54.9 Å². The van der Waals surface area contributed by atoms with Crippen LogP contribution in [0.5, 0.6) is 11.9 Å². The highest BCUT2D eigenvalue weighted by Crippen LogP contribution is 2.37. The van der Waals surface area contributed by atoms with Gasteiger partial charge in [-0.05, 0) is 56.5 Å². The minimum atomic E-state index is -3.93. The average molecular weight is 599 g/mol. The van der Waals surface area contributed by atoms with Gasteiger partial charge in [-0.25, -0.2) is 31.3 Å². The predicted octanol–water partition coefficient (Wildman–Crippen LogP) is 3.58. The van der Waals surface area contributed by atoms with Gasteiger partial charge < -0.3 is 14.8 Å². The SMILES string of the molecule is COc1ncc(-c2ccc3c(Nc4cccc(S(=O)(=O)NC(C)C)c4)c(S(=O)(=O)NC4CC4)cnc3c2)c(OC)n1. The van der Waals surface area contributed by atoms with E-state index in [0.717, 1.165) is 12.8 Å². The van der Waals surface area contributed by atoms with E-state index >= 15 is 0 Å². The molecule has 0 amide bonds. The molecule has 0 aliphatic heterocycles. The highest BCUT2D eigenvalue weighted by Gasteiger charge is 2.30. The average Bonchev–Trinajstić information content (AvgIpc) is 3.75. The molecule has 0 bridgehead atoms. The maximum Gasteiger partial charge on any atom is 0.319 e. The Bertz CT molecular complexity index is 1830. The lowest BCUT2D eigenvalue weighted by Gasteiger charge is -2.17. The van der Waals surface area contributed by atoms with Crippen molar-refractivity contribution in [2.45, 2.75) is 48.6 Å². The van der Waals surface area contributed by atoms with Crippen LogP contribution in [-0.2, 0) is 20.0 Å². The molecule has 14 heteroatoms. The van der Waals surface area contributed by atoms with Crippen LogP contribution in [0, 0.1) is 0 Å². The highest BCUT2D eigenvalue weighted by molar-refractivity contribution is 7.90. The topological polar surface area (TPSA) is 162 Å². The largest absolute Gasteiger partial charge is 0.480 e. The molecular weight excluding hydrogens is 568 g/mol. The van der Waals surface area contributed by atoms with Gasteiger partial charge in [0.05, 0.1) is 35.9 Å². The number of nitrogens with one attached hydrogen (secondary N) is 3. The molecule has 2 heterocycles. The fraction of sp³-hybridized carbons (Fsp3) is 0.296. The summed E-state index contributed by atoms with van der Waals surface area (Å²) in [5.74, 6) is 0.301. The van der Waals surface area contributed by atoms with E-state index in [0.29, 0.717) is 33.6 Å². The number of hydrogen-bond donors (Lipinski definition) is 3. The molecule has 0 saturated heterocycles. The molecule has 216 valence electrons. The fourth-order valence-corrected chi connectivity index (χ4v) is 6.95. The van der Waals surface area contributed by atoms with Crippen molar-refractivity contribution < 1.29 is 26.3 Å². The van der Waals surface area contributed by atoms with E-state index in [2.05, 4.69) is 29.7 Å². The normalized spacial score (nSPS) is 13.9. The van der Waals surface area contributed by atoms with Crippen LogP contribution in [0.2, 0.25) is 0 Å². The zero-order valence-corrected chi connectivity index (χ0v) is 24.5. The van der Waals surface area contributed by atoms with E-state index in [1.54, 1.807) is 50.4 Å². The van der Waals surface area contributed by atoms with Crippen molar-refractivity contribution >= 4 is 42.3 Å². The number of pyridine rings is 1. The Balaban J connectivity index is 1.63. The van der Waals surface area contributed by atoms with Crippen molar-refractivity contribution in [3.8, 4) is 23.0 Å². The van der Waals surface area contributed by atoms with E-state index in [4.69, 9.17) is 9.47 Å². The van der Waals surface area contributed by atoms with Gasteiger partial charge in [0.15, 0.2) is 0 Å². The minimum absolute atomic E-state index is 0.0453. The molecule has 12 nitrogen and oxygen atoms in total. The molecule has 0 spiro atoms. The number of hydrogen-bond acceptors (Lipinski definition) is 10. The number of benzene rings is 2. The van der Waals surface area contributed by atoms with Crippen LogP contribution in [0.25, 0.3) is 22.0 Å². The molecule has 1 fully saturated rings. The maximum absolute atomic E-state index is 13.4. The first-order chi connectivity index (χ1) is 19.5. The first-order valence-electron chi connectivity index (χ1n) is 12.8. The van der Waals surface area contributed by atoms with Crippen molar-refractivity contribution in [3.63, 3.8) is 0 Å². The number of fused-ring (bicyclic) bond motifs is 1. The molecule has 2 aromatic carbocycles. The van der Waals surface area contributed by atoms with Gasteiger partial charge in [0.1, 0.15) is 4.90 Å². The molecule has 4 aromatic rings. The monoisotopic (exact) mass is 598 g/mol. The van der Waals surface area contributed by atoms with Crippen LogP contribution >= 0.6 is 0 Å². The first kappa shape index (κ1) is 28.7. The van der Waals surface area contributed by atoms with Crippen LogP contribution in [0.1, 0.15) is 26.7 Å². The summed E-state index contributed by atoms with van der Waals surface area (Å²) in [6.07, 6.45) is 4.39. The van der Waals surface area contributed by atoms with Gasteiger partial charge in [-0.3, -0.25) is 4.98 Å². The molecule has 3 N–H and O–H groups in total. The summed E-state index contributed by atoms with van der Waals surface area (Å²) in [6, 6.07) is 11.2. The number of ether oxygens (including phenoxy) is 2. The number of rotatable bonds is 11. The Morgan fingerprint density at radius 3 is 2.39 bits per heavy atom. The van der Waals surface area contributed by atoms with Gasteiger partial charge in [0.2, 0.25) is 25.9 Å². The second-order valence-corrected chi connectivity index (χ2v) is 13.2. The second-order valence-electron chi connectivity index (χ2n) is 9.83. The van der Waals surface area contributed by atoms with E-state index in [1.807, 2.05) is 0 Å². The highest BCUT2D eigenvalue weighted by atomic mass is 32.2. The Morgan fingerprint density at radius 1 is 0.927 bits per heavy atom. The number of aromatic nitrogens is 3. The molecule has 1 aliphatic carbocycles. The maximum atomic E-state index is 13.4. The summed E-state index contributed by atoms with van der Waals surface area (Å²) in [5, 5.41) is 3.67. The fourth-order valence-electron chi connectivity index (χ4n) is 4.23. The lowest BCUT2D eigenvalue weighted by atomic mass is 10.0. The lowest BCUT2D eigenvalue weighted by Crippen LogP contribution is -2.30. The third kappa shape index (κ3) is 6.25. The molecule has 2 aromatic heterocycles. The lowest BCUT2D eigenvalue weighted by molar-refractivity contribution is 0.353. The molecule has 41 heavy (non-hydrogen) atoms. The van der Waals surface area contributed by atoms with Crippen LogP contribution in [-0.4, -0.2) is 58.1 Å². The summed E-state index contributed by atoms with van der Waals surface area (Å²) < 4.78 is 68.1. The quantitative estimate of drug-likeness (QED) is 0.233. The van der Waals surface area contributed by atoms with Crippen LogP contribution in [0.15, 0.2) is 64.6 Å². The van der Waals surface area contributed by atoms with Gasteiger partial charge in [0, 0.05) is 35.6 Å². The summed E-state index contributed by atoms with van der Waals surface area (Å²) in [6.45, 7) is 3.46. The molecule has 0 radical (unpaired) electrons. The number of anilines is 2. The molecular formula is C27H30N6O6S2. The summed E-state index contributed by atoms with van der Waals surface area (Å²) >= 11 is 0. The molecule has 1 aliphatic rings. The van der Waals surface area contributed by atoms with E-state index in [-0.39, 0.29) is 33.6 Å². The Labute approximate surface area is 238 Å². The van der Waals surface area contributed by atoms with Gasteiger partial charge in [-0.2, -0.15) is 4.98 Å².